The molecule has 0 amide bonds. The van der Waals surface area contributed by atoms with Gasteiger partial charge >= 0.3 is 0 Å². The second-order valence-electron chi connectivity index (χ2n) is 6.63. The van der Waals surface area contributed by atoms with Crippen molar-refractivity contribution in [1.29, 1.82) is 0 Å². The van der Waals surface area contributed by atoms with Crippen LogP contribution in [0.5, 0.6) is 11.5 Å². The molecule has 0 atom stereocenters. The fraction of sp³-hybridized carbons (Fsp3) is 0.250. The molecule has 0 saturated carbocycles. The Morgan fingerprint density at radius 2 is 2.07 bits per heavy atom. The third kappa shape index (κ3) is 3.46. The van der Waals surface area contributed by atoms with Gasteiger partial charge in [0, 0.05) is 44.0 Å². The minimum absolute atomic E-state index is 0.0689. The molecule has 0 fully saturated rings. The van der Waals surface area contributed by atoms with E-state index < -0.39 is 0 Å². The zero-order chi connectivity index (χ0) is 19.7. The van der Waals surface area contributed by atoms with Crippen molar-refractivity contribution < 1.29 is 9.84 Å². The van der Waals surface area contributed by atoms with Gasteiger partial charge in [0.15, 0.2) is 11.5 Å². The Morgan fingerprint density at radius 1 is 1.29 bits per heavy atom. The van der Waals surface area contributed by atoms with E-state index >= 15 is 0 Å². The second-order valence-corrected chi connectivity index (χ2v) is 7.00. The van der Waals surface area contributed by atoms with Gasteiger partial charge in [-0.25, -0.2) is 4.98 Å². The van der Waals surface area contributed by atoms with E-state index in [1.165, 1.54) is 7.11 Å². The topological polar surface area (TPSA) is 91.3 Å². The first kappa shape index (κ1) is 18.5. The lowest BCUT2D eigenvalue weighted by Gasteiger charge is -2.28. The monoisotopic (exact) mass is 398 g/mol. The molecule has 0 aliphatic carbocycles. The van der Waals surface area contributed by atoms with Gasteiger partial charge < -0.3 is 14.8 Å². The van der Waals surface area contributed by atoms with Crippen molar-refractivity contribution in [1.82, 2.24) is 19.9 Å². The first-order chi connectivity index (χ1) is 13.6. The number of rotatable bonds is 4. The van der Waals surface area contributed by atoms with E-state index in [1.54, 1.807) is 18.5 Å². The summed E-state index contributed by atoms with van der Waals surface area (Å²) < 4.78 is 5.07. The Hall–Kier alpha value is -2.90. The van der Waals surface area contributed by atoms with Gasteiger partial charge in [0.1, 0.15) is 5.82 Å². The fourth-order valence-corrected chi connectivity index (χ4v) is 3.59. The number of nitrogens with one attached hydrogen (secondary N) is 1. The van der Waals surface area contributed by atoms with Crippen LogP contribution in [0.25, 0.3) is 11.4 Å². The minimum Gasteiger partial charge on any atom is -0.503 e. The van der Waals surface area contributed by atoms with Gasteiger partial charge in [-0.05, 0) is 23.8 Å². The number of benzene rings is 1. The smallest absolute Gasteiger partial charge is 0.255 e. The number of hydrogen-bond donors (Lipinski definition) is 2. The van der Waals surface area contributed by atoms with E-state index in [-0.39, 0.29) is 16.3 Å². The highest BCUT2D eigenvalue weighted by atomic mass is 35.5. The lowest BCUT2D eigenvalue weighted by atomic mass is 10.1. The predicted octanol–water partition coefficient (Wildman–Crippen LogP) is 2.76. The third-order valence-electron chi connectivity index (χ3n) is 4.87. The van der Waals surface area contributed by atoms with Crippen molar-refractivity contribution in [2.45, 2.75) is 19.5 Å². The molecule has 8 heteroatoms. The van der Waals surface area contributed by atoms with E-state index in [0.29, 0.717) is 36.6 Å². The zero-order valence-corrected chi connectivity index (χ0v) is 16.0. The number of ether oxygens (including phenoxy) is 1. The maximum absolute atomic E-state index is 12.6. The van der Waals surface area contributed by atoms with Gasteiger partial charge in [-0.1, -0.05) is 17.7 Å². The molecule has 3 aromatic rings. The maximum atomic E-state index is 12.6. The number of aromatic amines is 1. The number of hydrogen-bond acceptors (Lipinski definition) is 6. The van der Waals surface area contributed by atoms with Crippen LogP contribution in [-0.4, -0.2) is 38.6 Å². The summed E-state index contributed by atoms with van der Waals surface area (Å²) in [5.74, 6) is 0.824. The molecule has 0 bridgehead atoms. The largest absolute Gasteiger partial charge is 0.503 e. The van der Waals surface area contributed by atoms with Crippen LogP contribution in [0.1, 0.15) is 16.8 Å². The molecule has 1 aliphatic heterocycles. The standard InChI is InChI=1S/C20H19ClN4O3/c1-28-16-3-2-13(17(21)18(16)26)10-25-9-6-15-14(11-25)20(27)24-19(23-15)12-4-7-22-8-5-12/h2-5,7-8,26H,6,9-11H2,1H3,(H,23,24,27). The summed E-state index contributed by atoms with van der Waals surface area (Å²) in [6, 6.07) is 7.14. The lowest BCUT2D eigenvalue weighted by molar-refractivity contribution is 0.241. The molecule has 1 aromatic carbocycles. The predicted molar refractivity (Wildman–Crippen MR) is 106 cm³/mol. The molecule has 0 spiro atoms. The van der Waals surface area contributed by atoms with Crippen molar-refractivity contribution >= 4 is 11.6 Å². The number of nitrogens with zero attached hydrogens (tertiary/aromatic N) is 3. The Bertz CT molecular complexity index is 1070. The highest BCUT2D eigenvalue weighted by Crippen LogP contribution is 2.37. The van der Waals surface area contributed by atoms with Gasteiger partial charge in [0.25, 0.3) is 5.56 Å². The van der Waals surface area contributed by atoms with Gasteiger partial charge in [-0.2, -0.15) is 0 Å². The first-order valence-electron chi connectivity index (χ1n) is 8.86. The molecule has 2 aromatic heterocycles. The van der Waals surface area contributed by atoms with Gasteiger partial charge in [-0.15, -0.1) is 0 Å². The molecule has 0 radical (unpaired) electrons. The summed E-state index contributed by atoms with van der Waals surface area (Å²) in [5, 5.41) is 10.4. The number of phenols is 1. The van der Waals surface area contributed by atoms with E-state index in [2.05, 4.69) is 19.9 Å². The van der Waals surface area contributed by atoms with Gasteiger partial charge in [0.05, 0.1) is 23.4 Å². The minimum atomic E-state index is -0.134. The van der Waals surface area contributed by atoms with Crippen LogP contribution in [0, 0.1) is 0 Å². The van der Waals surface area contributed by atoms with Crippen LogP contribution in [0.3, 0.4) is 0 Å². The average molecular weight is 399 g/mol. The SMILES string of the molecule is COc1ccc(CN2CCc3nc(-c4ccncc4)[nH]c(=O)c3C2)c(Cl)c1O. The van der Waals surface area contributed by atoms with Crippen LogP contribution in [0.4, 0.5) is 0 Å². The highest BCUT2D eigenvalue weighted by molar-refractivity contribution is 6.33. The number of methoxy groups -OCH3 is 1. The number of aromatic nitrogens is 3. The number of halogens is 1. The molecule has 28 heavy (non-hydrogen) atoms. The van der Waals surface area contributed by atoms with Gasteiger partial charge in [-0.3, -0.25) is 14.7 Å². The summed E-state index contributed by atoms with van der Waals surface area (Å²) in [6.07, 6.45) is 4.01. The number of pyridine rings is 1. The van der Waals surface area contributed by atoms with E-state index in [9.17, 15) is 9.90 Å². The molecular weight excluding hydrogens is 380 g/mol. The average Bonchev–Trinajstić information content (AvgIpc) is 2.72. The number of fused-ring (bicyclic) bond motifs is 1. The zero-order valence-electron chi connectivity index (χ0n) is 15.3. The first-order valence-corrected chi connectivity index (χ1v) is 9.23. The molecule has 2 N–H and O–H groups in total. The quantitative estimate of drug-likeness (QED) is 0.702. The molecule has 7 nitrogen and oxygen atoms in total. The van der Waals surface area contributed by atoms with Crippen LogP contribution in [0.2, 0.25) is 5.02 Å². The summed E-state index contributed by atoms with van der Waals surface area (Å²) in [5.41, 5.74) is 2.96. The number of H-pyrrole nitrogens is 1. The van der Waals surface area contributed by atoms with Crippen LogP contribution in [-0.2, 0) is 19.5 Å². The Morgan fingerprint density at radius 3 is 2.82 bits per heavy atom. The van der Waals surface area contributed by atoms with Crippen LogP contribution >= 0.6 is 11.6 Å². The molecular formula is C20H19ClN4O3. The van der Waals surface area contributed by atoms with Crippen molar-refractivity contribution in [3.8, 4) is 22.9 Å². The normalized spacial score (nSPS) is 13.9. The molecule has 1 aliphatic rings. The maximum Gasteiger partial charge on any atom is 0.255 e. The summed E-state index contributed by atoms with van der Waals surface area (Å²) in [7, 11) is 1.48. The van der Waals surface area contributed by atoms with Crippen molar-refractivity contribution in [3.05, 3.63) is 68.9 Å². The van der Waals surface area contributed by atoms with Crippen LogP contribution < -0.4 is 10.3 Å². The second kappa shape index (κ2) is 7.61. The fourth-order valence-electron chi connectivity index (χ4n) is 3.38. The molecule has 4 rings (SSSR count). The van der Waals surface area contributed by atoms with Crippen molar-refractivity contribution in [3.63, 3.8) is 0 Å². The van der Waals surface area contributed by atoms with E-state index in [4.69, 9.17) is 16.3 Å². The Labute approximate surface area is 166 Å². The number of aromatic hydroxyl groups is 1. The summed E-state index contributed by atoms with van der Waals surface area (Å²) in [4.78, 5) is 26.3. The third-order valence-corrected chi connectivity index (χ3v) is 5.30. The van der Waals surface area contributed by atoms with Crippen LogP contribution in [0.15, 0.2) is 41.5 Å². The Kier molecular flexibility index (Phi) is 5.02. The van der Waals surface area contributed by atoms with Crippen molar-refractivity contribution in [2.24, 2.45) is 0 Å². The van der Waals surface area contributed by atoms with Crippen molar-refractivity contribution in [2.75, 3.05) is 13.7 Å². The summed E-state index contributed by atoms with van der Waals surface area (Å²) >= 11 is 6.27. The molecule has 0 saturated heterocycles. The Balaban J connectivity index is 1.58. The summed E-state index contributed by atoms with van der Waals surface area (Å²) in [6.45, 7) is 1.72. The molecule has 0 unspecified atom stereocenters. The lowest BCUT2D eigenvalue weighted by Crippen LogP contribution is -2.35. The van der Waals surface area contributed by atoms with Gasteiger partial charge in [0.2, 0.25) is 0 Å². The molecule has 3 heterocycles. The van der Waals surface area contributed by atoms with E-state index in [1.807, 2.05) is 18.2 Å². The van der Waals surface area contributed by atoms with E-state index in [0.717, 1.165) is 23.4 Å². The highest BCUT2D eigenvalue weighted by Gasteiger charge is 2.23. The number of phenolic OH excluding ortho intramolecular Hbond substituents is 1. The molecule has 144 valence electrons.